The molecule has 1 saturated heterocycles. The van der Waals surface area contributed by atoms with Gasteiger partial charge in [0.2, 0.25) is 0 Å². The lowest BCUT2D eigenvalue weighted by molar-refractivity contribution is 0.0539. The topological polar surface area (TPSA) is 21.3 Å². The Kier molecular flexibility index (Phi) is 4.66. The maximum Gasteiger partial charge on any atom is 0.130 e. The van der Waals surface area contributed by atoms with Crippen LogP contribution in [0.4, 0.5) is 8.78 Å². The summed E-state index contributed by atoms with van der Waals surface area (Å²) in [5.74, 6) is -0.538. The first-order chi connectivity index (χ1) is 8.66. The second-order valence-electron chi connectivity index (χ2n) is 4.88. The maximum atomic E-state index is 13.6. The molecule has 18 heavy (non-hydrogen) atoms. The van der Waals surface area contributed by atoms with Crippen molar-refractivity contribution in [3.05, 3.63) is 35.4 Å². The molecule has 2 atom stereocenters. The zero-order chi connectivity index (χ0) is 13.0. The molecular weight excluding hydrogens is 236 g/mol. The predicted molar refractivity (Wildman–Crippen MR) is 66.3 cm³/mol. The third-order valence-corrected chi connectivity index (χ3v) is 3.40. The zero-order valence-electron chi connectivity index (χ0n) is 10.6. The van der Waals surface area contributed by atoms with Crippen LogP contribution in [0.2, 0.25) is 0 Å². The molecule has 1 N–H and O–H groups in total. The fourth-order valence-electron chi connectivity index (χ4n) is 2.27. The molecule has 100 valence electrons. The second kappa shape index (κ2) is 6.25. The molecule has 4 heteroatoms. The first-order valence-corrected chi connectivity index (χ1v) is 6.43. The minimum absolute atomic E-state index is 0.118. The summed E-state index contributed by atoms with van der Waals surface area (Å²) in [5, 5.41) is 3.29. The van der Waals surface area contributed by atoms with Crippen LogP contribution in [0, 0.1) is 17.6 Å². The van der Waals surface area contributed by atoms with Gasteiger partial charge >= 0.3 is 0 Å². The standard InChI is InChI=1S/C14H19F2NO/c1-10(13-5-4-12(15)7-14(13)16)17-8-11-3-2-6-18-9-11/h4-5,7,10-11,17H,2-3,6,8-9H2,1H3. The monoisotopic (exact) mass is 255 g/mol. The van der Waals surface area contributed by atoms with Crippen molar-refractivity contribution in [3.8, 4) is 0 Å². The van der Waals surface area contributed by atoms with Crippen molar-refractivity contribution in [1.82, 2.24) is 5.32 Å². The number of hydrogen-bond acceptors (Lipinski definition) is 2. The van der Waals surface area contributed by atoms with E-state index in [2.05, 4.69) is 5.32 Å². The van der Waals surface area contributed by atoms with Crippen LogP contribution in [0.25, 0.3) is 0 Å². The molecule has 0 saturated carbocycles. The van der Waals surface area contributed by atoms with Crippen LogP contribution in [0.5, 0.6) is 0 Å². The Labute approximate surface area is 106 Å². The Balaban J connectivity index is 1.88. The summed E-state index contributed by atoms with van der Waals surface area (Å²) in [5.41, 5.74) is 0.508. The largest absolute Gasteiger partial charge is 0.381 e. The normalized spacial score (nSPS) is 21.8. The van der Waals surface area contributed by atoms with Crippen LogP contribution in [0.1, 0.15) is 31.4 Å². The Bertz CT molecular complexity index is 391. The highest BCUT2D eigenvalue weighted by Crippen LogP contribution is 2.19. The number of ether oxygens (including phenoxy) is 1. The average molecular weight is 255 g/mol. The number of hydrogen-bond donors (Lipinski definition) is 1. The van der Waals surface area contributed by atoms with Crippen LogP contribution in [0.15, 0.2) is 18.2 Å². The van der Waals surface area contributed by atoms with E-state index in [4.69, 9.17) is 4.74 Å². The molecule has 0 radical (unpaired) electrons. The van der Waals surface area contributed by atoms with E-state index < -0.39 is 11.6 Å². The molecule has 0 spiro atoms. The van der Waals surface area contributed by atoms with Gasteiger partial charge < -0.3 is 10.1 Å². The molecule has 1 aromatic rings. The SMILES string of the molecule is CC(NCC1CCCOC1)c1ccc(F)cc1F. The van der Waals surface area contributed by atoms with Crippen molar-refractivity contribution in [1.29, 1.82) is 0 Å². The lowest BCUT2D eigenvalue weighted by Crippen LogP contribution is -2.31. The molecule has 1 aromatic carbocycles. The maximum absolute atomic E-state index is 13.6. The van der Waals surface area contributed by atoms with E-state index in [1.54, 1.807) is 0 Å². The van der Waals surface area contributed by atoms with E-state index in [0.717, 1.165) is 38.7 Å². The molecule has 1 heterocycles. The van der Waals surface area contributed by atoms with Crippen molar-refractivity contribution >= 4 is 0 Å². The Morgan fingerprint density at radius 2 is 2.28 bits per heavy atom. The van der Waals surface area contributed by atoms with Gasteiger partial charge in [0.25, 0.3) is 0 Å². The second-order valence-corrected chi connectivity index (χ2v) is 4.88. The molecule has 1 aliphatic heterocycles. The molecular formula is C14H19F2NO. The van der Waals surface area contributed by atoms with Gasteiger partial charge in [-0.05, 0) is 31.7 Å². The Morgan fingerprint density at radius 1 is 1.44 bits per heavy atom. The summed E-state index contributed by atoms with van der Waals surface area (Å²) in [7, 11) is 0. The van der Waals surface area contributed by atoms with E-state index in [1.165, 1.54) is 12.1 Å². The molecule has 0 aliphatic carbocycles. The summed E-state index contributed by atoms with van der Waals surface area (Å²) in [6.07, 6.45) is 2.23. The Morgan fingerprint density at radius 3 is 2.94 bits per heavy atom. The smallest absolute Gasteiger partial charge is 0.130 e. The Hall–Kier alpha value is -1.00. The summed E-state index contributed by atoms with van der Waals surface area (Å²) in [6.45, 7) is 4.31. The highest BCUT2D eigenvalue weighted by atomic mass is 19.1. The van der Waals surface area contributed by atoms with Crippen LogP contribution in [-0.2, 0) is 4.74 Å². The molecule has 2 unspecified atom stereocenters. The fourth-order valence-corrected chi connectivity index (χ4v) is 2.27. The fraction of sp³-hybridized carbons (Fsp3) is 0.571. The average Bonchev–Trinajstić information content (AvgIpc) is 2.37. The van der Waals surface area contributed by atoms with Crippen molar-refractivity contribution in [3.63, 3.8) is 0 Å². The van der Waals surface area contributed by atoms with Crippen LogP contribution in [-0.4, -0.2) is 19.8 Å². The van der Waals surface area contributed by atoms with Crippen molar-refractivity contribution < 1.29 is 13.5 Å². The third kappa shape index (κ3) is 3.50. The molecule has 2 rings (SSSR count). The van der Waals surface area contributed by atoms with Gasteiger partial charge in [-0.2, -0.15) is 0 Å². The van der Waals surface area contributed by atoms with Gasteiger partial charge in [0.15, 0.2) is 0 Å². The van der Waals surface area contributed by atoms with Gasteiger partial charge in [-0.3, -0.25) is 0 Å². The number of rotatable bonds is 4. The molecule has 1 fully saturated rings. The molecule has 0 aromatic heterocycles. The van der Waals surface area contributed by atoms with Crippen LogP contribution < -0.4 is 5.32 Å². The van der Waals surface area contributed by atoms with Gasteiger partial charge in [0, 0.05) is 30.8 Å². The number of halogens is 2. The molecule has 1 aliphatic rings. The van der Waals surface area contributed by atoms with E-state index in [-0.39, 0.29) is 6.04 Å². The van der Waals surface area contributed by atoms with Crippen molar-refractivity contribution in [2.24, 2.45) is 5.92 Å². The quantitative estimate of drug-likeness (QED) is 0.893. The first kappa shape index (κ1) is 13.4. The van der Waals surface area contributed by atoms with E-state index >= 15 is 0 Å². The van der Waals surface area contributed by atoms with E-state index in [0.29, 0.717) is 11.5 Å². The zero-order valence-corrected chi connectivity index (χ0v) is 10.6. The van der Waals surface area contributed by atoms with Gasteiger partial charge in [-0.1, -0.05) is 6.07 Å². The predicted octanol–water partition coefficient (Wildman–Crippen LogP) is 3.04. The summed E-state index contributed by atoms with van der Waals surface area (Å²) in [6, 6.07) is 3.60. The lowest BCUT2D eigenvalue weighted by Gasteiger charge is -2.24. The number of benzene rings is 1. The van der Waals surface area contributed by atoms with Gasteiger partial charge in [-0.25, -0.2) is 8.78 Å². The first-order valence-electron chi connectivity index (χ1n) is 6.43. The van der Waals surface area contributed by atoms with Gasteiger partial charge in [-0.15, -0.1) is 0 Å². The highest BCUT2D eigenvalue weighted by molar-refractivity contribution is 5.21. The summed E-state index contributed by atoms with van der Waals surface area (Å²) < 4.78 is 31.8. The molecule has 0 amide bonds. The van der Waals surface area contributed by atoms with Crippen LogP contribution >= 0.6 is 0 Å². The highest BCUT2D eigenvalue weighted by Gasteiger charge is 2.16. The van der Waals surface area contributed by atoms with E-state index in [9.17, 15) is 8.78 Å². The number of nitrogens with one attached hydrogen (secondary N) is 1. The molecule has 0 bridgehead atoms. The third-order valence-electron chi connectivity index (χ3n) is 3.40. The van der Waals surface area contributed by atoms with Gasteiger partial charge in [0.05, 0.1) is 6.61 Å². The summed E-state index contributed by atoms with van der Waals surface area (Å²) in [4.78, 5) is 0. The van der Waals surface area contributed by atoms with Crippen molar-refractivity contribution in [2.75, 3.05) is 19.8 Å². The van der Waals surface area contributed by atoms with Gasteiger partial charge in [0.1, 0.15) is 11.6 Å². The minimum Gasteiger partial charge on any atom is -0.381 e. The minimum atomic E-state index is -0.538. The summed E-state index contributed by atoms with van der Waals surface area (Å²) >= 11 is 0. The van der Waals surface area contributed by atoms with E-state index in [1.807, 2.05) is 6.92 Å². The van der Waals surface area contributed by atoms with Crippen LogP contribution in [0.3, 0.4) is 0 Å². The molecule has 2 nitrogen and oxygen atoms in total. The van der Waals surface area contributed by atoms with Crippen molar-refractivity contribution in [2.45, 2.75) is 25.8 Å². The lowest BCUT2D eigenvalue weighted by atomic mass is 10.0.